The van der Waals surface area contributed by atoms with Gasteiger partial charge in [0.1, 0.15) is 0 Å². The van der Waals surface area contributed by atoms with E-state index < -0.39 is 8.25 Å². The topological polar surface area (TPSA) is 83.5 Å². The SMILES string of the molecule is Cc1cc(CNCCCO[PH](=O)O)ncc1NCCCCCc1ccccc1. The van der Waals surface area contributed by atoms with E-state index in [9.17, 15) is 4.57 Å². The largest absolute Gasteiger partial charge is 0.384 e. The van der Waals surface area contributed by atoms with Crippen LogP contribution in [0, 0.1) is 6.92 Å². The number of unbranched alkanes of at least 4 members (excludes halogenated alkanes) is 2. The lowest BCUT2D eigenvalue weighted by atomic mass is 10.1. The fourth-order valence-electron chi connectivity index (χ4n) is 2.97. The number of hydrogen-bond acceptors (Lipinski definition) is 5. The molecular formula is C21H32N3O3P. The lowest BCUT2D eigenvalue weighted by molar-refractivity contribution is 0.276. The van der Waals surface area contributed by atoms with E-state index in [0.717, 1.165) is 37.3 Å². The average molecular weight is 405 g/mol. The molecule has 2 rings (SSSR count). The summed E-state index contributed by atoms with van der Waals surface area (Å²) in [6, 6.07) is 12.7. The summed E-state index contributed by atoms with van der Waals surface area (Å²) in [7, 11) is -2.81. The molecule has 6 nitrogen and oxygen atoms in total. The first-order chi connectivity index (χ1) is 13.6. The molecule has 1 aromatic heterocycles. The molecule has 1 unspecified atom stereocenters. The molecule has 0 fully saturated rings. The second kappa shape index (κ2) is 13.5. The van der Waals surface area contributed by atoms with Crippen LogP contribution < -0.4 is 10.6 Å². The third kappa shape index (κ3) is 9.47. The third-order valence-corrected chi connectivity index (χ3v) is 4.95. The Labute approximate surface area is 168 Å². The summed E-state index contributed by atoms with van der Waals surface area (Å²) in [5.74, 6) is 0. The van der Waals surface area contributed by atoms with Crippen LogP contribution in [0.2, 0.25) is 0 Å². The second-order valence-electron chi connectivity index (χ2n) is 6.86. The summed E-state index contributed by atoms with van der Waals surface area (Å²) in [5, 5.41) is 6.75. The van der Waals surface area contributed by atoms with Gasteiger partial charge in [-0.25, -0.2) is 0 Å². The summed E-state index contributed by atoms with van der Waals surface area (Å²) in [5.41, 5.74) is 4.69. The third-order valence-electron chi connectivity index (χ3n) is 4.50. The van der Waals surface area contributed by atoms with Gasteiger partial charge in [-0.1, -0.05) is 36.8 Å². The number of anilines is 1. The number of nitrogens with one attached hydrogen (secondary N) is 2. The molecule has 0 spiro atoms. The first-order valence-electron chi connectivity index (χ1n) is 9.95. The molecule has 0 amide bonds. The maximum absolute atomic E-state index is 10.4. The van der Waals surface area contributed by atoms with E-state index in [0.29, 0.717) is 19.6 Å². The van der Waals surface area contributed by atoms with Crippen molar-refractivity contribution in [2.75, 3.05) is 25.0 Å². The van der Waals surface area contributed by atoms with E-state index in [1.807, 2.05) is 6.20 Å². The van der Waals surface area contributed by atoms with Crippen LogP contribution in [0.25, 0.3) is 0 Å². The first kappa shape index (κ1) is 22.6. The molecule has 0 radical (unpaired) electrons. The maximum Gasteiger partial charge on any atom is 0.316 e. The van der Waals surface area contributed by atoms with Crippen LogP contribution in [0.3, 0.4) is 0 Å². The molecule has 0 aliphatic carbocycles. The van der Waals surface area contributed by atoms with E-state index in [1.54, 1.807) is 0 Å². The van der Waals surface area contributed by atoms with Crippen molar-refractivity contribution < 1.29 is 14.0 Å². The van der Waals surface area contributed by atoms with Gasteiger partial charge in [0.2, 0.25) is 0 Å². The van der Waals surface area contributed by atoms with Crippen molar-refractivity contribution in [2.45, 2.75) is 45.6 Å². The quantitative estimate of drug-likeness (QED) is 0.324. The first-order valence-corrected chi connectivity index (χ1v) is 11.2. The van der Waals surface area contributed by atoms with Crippen LogP contribution in [0.5, 0.6) is 0 Å². The Morgan fingerprint density at radius 1 is 1.11 bits per heavy atom. The Bertz CT molecular complexity index is 713. The summed E-state index contributed by atoms with van der Waals surface area (Å²) in [4.78, 5) is 13.1. The van der Waals surface area contributed by atoms with Gasteiger partial charge >= 0.3 is 8.25 Å². The molecule has 28 heavy (non-hydrogen) atoms. The van der Waals surface area contributed by atoms with Crippen molar-refractivity contribution in [2.24, 2.45) is 0 Å². The molecule has 0 saturated heterocycles. The highest BCUT2D eigenvalue weighted by molar-refractivity contribution is 7.32. The summed E-state index contributed by atoms with van der Waals surface area (Å²) in [6.07, 6.45) is 7.32. The highest BCUT2D eigenvalue weighted by Gasteiger charge is 2.02. The van der Waals surface area contributed by atoms with Gasteiger partial charge in [0.25, 0.3) is 0 Å². The zero-order valence-electron chi connectivity index (χ0n) is 16.6. The second-order valence-corrected chi connectivity index (χ2v) is 7.68. The lowest BCUT2D eigenvalue weighted by Crippen LogP contribution is -2.17. The van der Waals surface area contributed by atoms with Gasteiger partial charge in [-0.2, -0.15) is 0 Å². The highest BCUT2D eigenvalue weighted by Crippen LogP contribution is 2.15. The minimum Gasteiger partial charge on any atom is -0.384 e. The van der Waals surface area contributed by atoms with Crippen molar-refractivity contribution in [3.8, 4) is 0 Å². The fraction of sp³-hybridized carbons (Fsp3) is 0.476. The van der Waals surface area contributed by atoms with Crippen molar-refractivity contribution >= 4 is 13.9 Å². The summed E-state index contributed by atoms with van der Waals surface area (Å²) in [6.45, 7) is 4.74. The van der Waals surface area contributed by atoms with E-state index >= 15 is 0 Å². The van der Waals surface area contributed by atoms with Gasteiger partial charge in [0.15, 0.2) is 0 Å². The van der Waals surface area contributed by atoms with Crippen LogP contribution >= 0.6 is 8.25 Å². The molecule has 154 valence electrons. The Balaban J connectivity index is 1.58. The van der Waals surface area contributed by atoms with E-state index in [1.165, 1.54) is 24.0 Å². The van der Waals surface area contributed by atoms with Crippen LogP contribution in [0.4, 0.5) is 5.69 Å². The monoisotopic (exact) mass is 405 g/mol. The highest BCUT2D eigenvalue weighted by atomic mass is 31.1. The van der Waals surface area contributed by atoms with Crippen LogP contribution in [-0.2, 0) is 22.1 Å². The smallest absolute Gasteiger partial charge is 0.316 e. The zero-order chi connectivity index (χ0) is 20.0. The number of aromatic nitrogens is 1. The van der Waals surface area contributed by atoms with Gasteiger partial charge in [-0.05, 0) is 56.3 Å². The van der Waals surface area contributed by atoms with Crippen molar-refractivity contribution in [3.05, 3.63) is 59.4 Å². The molecule has 2 aromatic rings. The lowest BCUT2D eigenvalue weighted by Gasteiger charge is -2.11. The predicted octanol–water partition coefficient (Wildman–Crippen LogP) is 4.09. The molecular weight excluding hydrogens is 373 g/mol. The van der Waals surface area contributed by atoms with Crippen molar-refractivity contribution in [1.29, 1.82) is 0 Å². The summed E-state index contributed by atoms with van der Waals surface area (Å²) < 4.78 is 15.1. The Hall–Kier alpha value is -1.72. The van der Waals surface area contributed by atoms with Gasteiger partial charge in [-0.3, -0.25) is 9.55 Å². The van der Waals surface area contributed by atoms with Crippen LogP contribution in [0.15, 0.2) is 42.6 Å². The normalized spacial score (nSPS) is 12.1. The average Bonchev–Trinajstić information content (AvgIpc) is 2.69. The molecule has 1 atom stereocenters. The Kier molecular flexibility index (Phi) is 10.8. The predicted molar refractivity (Wildman–Crippen MR) is 115 cm³/mol. The maximum atomic E-state index is 10.4. The molecule has 1 aromatic carbocycles. The van der Waals surface area contributed by atoms with Crippen molar-refractivity contribution in [1.82, 2.24) is 10.3 Å². The number of pyridine rings is 1. The number of hydrogen-bond donors (Lipinski definition) is 3. The standard InChI is InChI=1S/C21H32N3O3P/c1-18-15-20(16-22-12-8-14-27-28(25)26)24-17-21(18)23-13-7-3-6-11-19-9-4-2-5-10-19/h2,4-5,9-10,15,17,22-23,28H,3,6-8,11-14,16H2,1H3,(H,25,26). The van der Waals surface area contributed by atoms with Crippen LogP contribution in [-0.4, -0.2) is 29.6 Å². The fourth-order valence-corrected chi connectivity index (χ4v) is 3.29. The van der Waals surface area contributed by atoms with Gasteiger partial charge in [0, 0.05) is 13.1 Å². The molecule has 0 saturated carbocycles. The summed E-state index contributed by atoms with van der Waals surface area (Å²) >= 11 is 0. The molecule has 0 aliphatic rings. The van der Waals surface area contributed by atoms with E-state index in [-0.39, 0.29) is 0 Å². The van der Waals surface area contributed by atoms with Gasteiger partial charge in [0.05, 0.1) is 24.2 Å². The number of rotatable bonds is 14. The molecule has 0 bridgehead atoms. The molecule has 0 aliphatic heterocycles. The number of nitrogens with zero attached hydrogens (tertiary/aromatic N) is 1. The van der Waals surface area contributed by atoms with E-state index in [4.69, 9.17) is 4.89 Å². The molecule has 1 heterocycles. The minimum atomic E-state index is -2.81. The number of aryl methyl sites for hydroxylation is 2. The Morgan fingerprint density at radius 3 is 2.68 bits per heavy atom. The zero-order valence-corrected chi connectivity index (χ0v) is 17.6. The molecule has 7 heteroatoms. The molecule has 3 N–H and O–H groups in total. The Morgan fingerprint density at radius 2 is 1.93 bits per heavy atom. The van der Waals surface area contributed by atoms with Gasteiger partial charge in [-0.15, -0.1) is 0 Å². The number of benzene rings is 1. The van der Waals surface area contributed by atoms with Crippen molar-refractivity contribution in [3.63, 3.8) is 0 Å². The van der Waals surface area contributed by atoms with Crippen LogP contribution in [0.1, 0.15) is 42.5 Å². The minimum absolute atomic E-state index is 0.294. The van der Waals surface area contributed by atoms with E-state index in [2.05, 4.69) is 63.5 Å². The van der Waals surface area contributed by atoms with Gasteiger partial charge < -0.3 is 20.1 Å².